The Morgan fingerprint density at radius 3 is 2.89 bits per heavy atom. The van der Waals surface area contributed by atoms with Crippen molar-refractivity contribution in [3.05, 3.63) is 45.7 Å². The number of nitrogens with zero attached hydrogens (tertiary/aromatic N) is 1. The van der Waals surface area contributed by atoms with E-state index < -0.39 is 0 Å². The van der Waals surface area contributed by atoms with Crippen LogP contribution in [0.1, 0.15) is 16.1 Å². The van der Waals surface area contributed by atoms with Crippen LogP contribution in [0.15, 0.2) is 38.8 Å². The third-order valence-corrected chi connectivity index (χ3v) is 3.94. The molecule has 3 aromatic rings. The standard InChI is InChI=1S/C13H10N2O2S2/c1-8-2-3-11(17-8)10-7-19-13(14-10)15-12(16)9-4-5-18-6-9/h2-7H,1H3,(H,14,15,16). The summed E-state index contributed by atoms with van der Waals surface area (Å²) in [6, 6.07) is 5.54. The number of carbonyl (C=O) groups excluding carboxylic acids is 1. The molecule has 0 bridgehead atoms. The van der Waals surface area contributed by atoms with Gasteiger partial charge in [-0.1, -0.05) is 0 Å². The molecule has 96 valence electrons. The second-order valence-corrected chi connectivity index (χ2v) is 5.55. The Kier molecular flexibility index (Phi) is 3.18. The maximum absolute atomic E-state index is 11.9. The van der Waals surface area contributed by atoms with Crippen LogP contribution in [0.25, 0.3) is 11.5 Å². The first kappa shape index (κ1) is 12.1. The van der Waals surface area contributed by atoms with E-state index in [4.69, 9.17) is 4.42 Å². The fraction of sp³-hybridized carbons (Fsp3) is 0.0769. The Morgan fingerprint density at radius 2 is 2.21 bits per heavy atom. The van der Waals surface area contributed by atoms with Crippen LogP contribution in [0.2, 0.25) is 0 Å². The molecule has 0 aliphatic heterocycles. The van der Waals surface area contributed by atoms with E-state index in [9.17, 15) is 4.79 Å². The van der Waals surface area contributed by atoms with Crippen LogP contribution in [-0.2, 0) is 0 Å². The molecular formula is C13H10N2O2S2. The molecule has 0 spiro atoms. The van der Waals surface area contributed by atoms with Crippen molar-refractivity contribution in [3.8, 4) is 11.5 Å². The van der Waals surface area contributed by atoms with Gasteiger partial charge in [-0.2, -0.15) is 11.3 Å². The Bertz CT molecular complexity index is 698. The fourth-order valence-corrected chi connectivity index (χ4v) is 2.91. The Balaban J connectivity index is 1.77. The average Bonchev–Trinajstić information content (AvgIpc) is 3.07. The summed E-state index contributed by atoms with van der Waals surface area (Å²) in [5.74, 6) is 1.41. The first-order valence-corrected chi connectivity index (χ1v) is 7.40. The number of amides is 1. The molecule has 19 heavy (non-hydrogen) atoms. The molecule has 0 saturated heterocycles. The fourth-order valence-electron chi connectivity index (χ4n) is 1.58. The van der Waals surface area contributed by atoms with Crippen molar-refractivity contribution in [1.82, 2.24) is 4.98 Å². The number of aryl methyl sites for hydroxylation is 1. The summed E-state index contributed by atoms with van der Waals surface area (Å²) in [6.45, 7) is 1.88. The van der Waals surface area contributed by atoms with Gasteiger partial charge < -0.3 is 4.42 Å². The van der Waals surface area contributed by atoms with Gasteiger partial charge in [0.15, 0.2) is 10.9 Å². The van der Waals surface area contributed by atoms with Gasteiger partial charge in [0, 0.05) is 10.8 Å². The molecule has 0 aliphatic rings. The van der Waals surface area contributed by atoms with Gasteiger partial charge in [-0.15, -0.1) is 11.3 Å². The zero-order chi connectivity index (χ0) is 13.2. The number of thiazole rings is 1. The highest BCUT2D eigenvalue weighted by molar-refractivity contribution is 7.14. The number of thiophene rings is 1. The minimum Gasteiger partial charge on any atom is -0.460 e. The number of rotatable bonds is 3. The molecule has 4 nitrogen and oxygen atoms in total. The predicted octanol–water partition coefficient (Wildman–Crippen LogP) is 4.03. The molecule has 0 aliphatic carbocycles. The number of furan rings is 1. The molecule has 6 heteroatoms. The van der Waals surface area contributed by atoms with E-state index in [0.29, 0.717) is 16.5 Å². The van der Waals surface area contributed by atoms with Gasteiger partial charge in [-0.05, 0) is 30.5 Å². The van der Waals surface area contributed by atoms with E-state index in [2.05, 4.69) is 10.3 Å². The molecule has 0 unspecified atom stereocenters. The maximum atomic E-state index is 11.9. The second kappa shape index (κ2) is 4.99. The Morgan fingerprint density at radius 1 is 1.32 bits per heavy atom. The molecular weight excluding hydrogens is 280 g/mol. The molecule has 0 atom stereocenters. The molecule has 0 aromatic carbocycles. The summed E-state index contributed by atoms with van der Waals surface area (Å²) < 4.78 is 5.49. The van der Waals surface area contributed by atoms with E-state index in [-0.39, 0.29) is 5.91 Å². The normalized spacial score (nSPS) is 10.6. The van der Waals surface area contributed by atoms with Crippen molar-refractivity contribution in [3.63, 3.8) is 0 Å². The highest BCUT2D eigenvalue weighted by Gasteiger charge is 2.11. The van der Waals surface area contributed by atoms with Gasteiger partial charge >= 0.3 is 0 Å². The summed E-state index contributed by atoms with van der Waals surface area (Å²) in [5.41, 5.74) is 1.38. The van der Waals surface area contributed by atoms with Crippen molar-refractivity contribution < 1.29 is 9.21 Å². The minimum absolute atomic E-state index is 0.141. The molecule has 0 saturated carbocycles. The lowest BCUT2D eigenvalue weighted by Gasteiger charge is -1.97. The highest BCUT2D eigenvalue weighted by Crippen LogP contribution is 2.26. The van der Waals surface area contributed by atoms with Crippen LogP contribution in [0, 0.1) is 6.92 Å². The number of nitrogens with one attached hydrogen (secondary N) is 1. The van der Waals surface area contributed by atoms with Crippen LogP contribution in [0.5, 0.6) is 0 Å². The Labute approximate surface area is 117 Å². The van der Waals surface area contributed by atoms with Gasteiger partial charge in [0.2, 0.25) is 0 Å². The SMILES string of the molecule is Cc1ccc(-c2csc(NC(=O)c3ccsc3)n2)o1. The first-order valence-electron chi connectivity index (χ1n) is 5.58. The number of aromatic nitrogens is 1. The van der Waals surface area contributed by atoms with Crippen LogP contribution in [-0.4, -0.2) is 10.9 Å². The quantitative estimate of drug-likeness (QED) is 0.792. The molecule has 0 fully saturated rings. The van der Waals surface area contributed by atoms with Crippen LogP contribution >= 0.6 is 22.7 Å². The number of hydrogen-bond donors (Lipinski definition) is 1. The predicted molar refractivity (Wildman–Crippen MR) is 76.8 cm³/mol. The summed E-state index contributed by atoms with van der Waals surface area (Å²) in [7, 11) is 0. The zero-order valence-electron chi connectivity index (χ0n) is 10.0. The third kappa shape index (κ3) is 2.59. The largest absolute Gasteiger partial charge is 0.460 e. The van der Waals surface area contributed by atoms with E-state index in [1.807, 2.05) is 29.8 Å². The number of anilines is 1. The Hall–Kier alpha value is -1.92. The van der Waals surface area contributed by atoms with Crippen molar-refractivity contribution in [2.24, 2.45) is 0 Å². The molecule has 1 N–H and O–H groups in total. The highest BCUT2D eigenvalue weighted by atomic mass is 32.1. The van der Waals surface area contributed by atoms with Crippen LogP contribution in [0.3, 0.4) is 0 Å². The van der Waals surface area contributed by atoms with E-state index >= 15 is 0 Å². The monoisotopic (exact) mass is 290 g/mol. The number of hydrogen-bond acceptors (Lipinski definition) is 5. The van der Waals surface area contributed by atoms with Gasteiger partial charge in [-0.25, -0.2) is 4.98 Å². The summed E-state index contributed by atoms with van der Waals surface area (Å²) in [6.07, 6.45) is 0. The van der Waals surface area contributed by atoms with E-state index in [1.165, 1.54) is 22.7 Å². The van der Waals surface area contributed by atoms with Gasteiger partial charge in [-0.3, -0.25) is 10.1 Å². The van der Waals surface area contributed by atoms with Crippen molar-refractivity contribution in [1.29, 1.82) is 0 Å². The van der Waals surface area contributed by atoms with Crippen molar-refractivity contribution >= 4 is 33.7 Å². The lowest BCUT2D eigenvalue weighted by molar-refractivity contribution is 0.102. The molecule has 1 amide bonds. The maximum Gasteiger partial charge on any atom is 0.258 e. The average molecular weight is 290 g/mol. The molecule has 3 heterocycles. The summed E-state index contributed by atoms with van der Waals surface area (Å²) in [5, 5.41) is 8.88. The van der Waals surface area contributed by atoms with E-state index in [1.54, 1.807) is 11.4 Å². The topological polar surface area (TPSA) is 55.1 Å². The van der Waals surface area contributed by atoms with Gasteiger partial charge in [0.1, 0.15) is 11.5 Å². The molecule has 3 aromatic heterocycles. The zero-order valence-corrected chi connectivity index (χ0v) is 11.7. The van der Waals surface area contributed by atoms with Crippen LogP contribution in [0.4, 0.5) is 5.13 Å². The summed E-state index contributed by atoms with van der Waals surface area (Å²) >= 11 is 2.87. The van der Waals surface area contributed by atoms with E-state index in [0.717, 1.165) is 11.5 Å². The molecule has 0 radical (unpaired) electrons. The first-order chi connectivity index (χ1) is 9.22. The van der Waals surface area contributed by atoms with Gasteiger partial charge in [0.05, 0.1) is 5.56 Å². The smallest absolute Gasteiger partial charge is 0.258 e. The van der Waals surface area contributed by atoms with Crippen molar-refractivity contribution in [2.75, 3.05) is 5.32 Å². The van der Waals surface area contributed by atoms with Crippen LogP contribution < -0.4 is 5.32 Å². The molecule has 3 rings (SSSR count). The minimum atomic E-state index is -0.141. The number of carbonyl (C=O) groups is 1. The lowest BCUT2D eigenvalue weighted by Crippen LogP contribution is -2.10. The van der Waals surface area contributed by atoms with Gasteiger partial charge in [0.25, 0.3) is 5.91 Å². The second-order valence-electron chi connectivity index (χ2n) is 3.91. The third-order valence-electron chi connectivity index (χ3n) is 2.50. The van der Waals surface area contributed by atoms with Crippen molar-refractivity contribution in [2.45, 2.75) is 6.92 Å². The lowest BCUT2D eigenvalue weighted by atomic mass is 10.3. The summed E-state index contributed by atoms with van der Waals surface area (Å²) in [4.78, 5) is 16.2.